The summed E-state index contributed by atoms with van der Waals surface area (Å²) < 4.78 is 16.6. The Labute approximate surface area is 176 Å². The van der Waals surface area contributed by atoms with Crippen molar-refractivity contribution in [2.24, 2.45) is 0 Å². The summed E-state index contributed by atoms with van der Waals surface area (Å²) in [7, 11) is 0. The van der Waals surface area contributed by atoms with Crippen molar-refractivity contribution in [3.8, 4) is 11.5 Å². The van der Waals surface area contributed by atoms with Crippen molar-refractivity contribution in [2.75, 3.05) is 19.8 Å². The number of hydrogen-bond acceptors (Lipinski definition) is 6. The minimum Gasteiger partial charge on any atom is -0.490 e. The van der Waals surface area contributed by atoms with Crippen LogP contribution in [0.5, 0.6) is 11.5 Å². The lowest BCUT2D eigenvalue weighted by Gasteiger charge is -2.30. The molecule has 1 aromatic carbocycles. The lowest BCUT2D eigenvalue weighted by molar-refractivity contribution is -0.140. The molecule has 8 nitrogen and oxygen atoms in total. The minimum absolute atomic E-state index is 0.239. The van der Waals surface area contributed by atoms with Gasteiger partial charge in [-0.15, -0.1) is 0 Å². The molecule has 10 heteroatoms. The van der Waals surface area contributed by atoms with Crippen molar-refractivity contribution in [2.45, 2.75) is 26.8 Å². The zero-order chi connectivity index (χ0) is 20.8. The Morgan fingerprint density at radius 2 is 1.96 bits per heavy atom. The molecule has 0 fully saturated rings. The summed E-state index contributed by atoms with van der Waals surface area (Å²) in [5.74, 6) is -0.956. The molecule has 1 atom stereocenters. The van der Waals surface area contributed by atoms with Gasteiger partial charge < -0.3 is 30.0 Å². The quantitative estimate of drug-likeness (QED) is 0.388. The molecule has 1 unspecified atom stereocenters. The van der Waals surface area contributed by atoms with E-state index in [0.717, 1.165) is 0 Å². The van der Waals surface area contributed by atoms with Gasteiger partial charge in [-0.25, -0.2) is 9.59 Å². The molecule has 1 aliphatic heterocycles. The summed E-state index contributed by atoms with van der Waals surface area (Å²) in [5.41, 5.74) is 1.65. The maximum absolute atomic E-state index is 12.5. The number of hydrogen-bond donors (Lipinski definition) is 3. The summed E-state index contributed by atoms with van der Waals surface area (Å²) in [6.45, 7) is 5.35. The second-order valence-electron chi connectivity index (χ2n) is 5.74. The van der Waals surface area contributed by atoms with Gasteiger partial charge in [0.1, 0.15) is 0 Å². The number of halogens is 1. The smallest absolute Gasteiger partial charge is 0.341 e. The van der Waals surface area contributed by atoms with E-state index in [1.165, 1.54) is 0 Å². The third kappa shape index (κ3) is 5.14. The van der Waals surface area contributed by atoms with Crippen molar-refractivity contribution >= 4 is 45.2 Å². The Kier molecular flexibility index (Phi) is 7.64. The average Bonchev–Trinajstić information content (AvgIpc) is 2.60. The predicted molar refractivity (Wildman–Crippen MR) is 109 cm³/mol. The first kappa shape index (κ1) is 22.0. The van der Waals surface area contributed by atoms with E-state index >= 15 is 0 Å². The van der Waals surface area contributed by atoms with Crippen LogP contribution in [0.2, 0.25) is 0 Å². The minimum atomic E-state index is -1.10. The highest BCUT2D eigenvalue weighted by molar-refractivity contribution is 9.10. The van der Waals surface area contributed by atoms with Gasteiger partial charge in [0.25, 0.3) is 0 Å². The van der Waals surface area contributed by atoms with Gasteiger partial charge in [0.05, 0.1) is 29.3 Å². The van der Waals surface area contributed by atoms with Gasteiger partial charge in [-0.05, 0) is 66.6 Å². The first-order chi connectivity index (χ1) is 13.3. The fraction of sp³-hybridized carbons (Fsp3) is 0.389. The molecule has 28 heavy (non-hydrogen) atoms. The van der Waals surface area contributed by atoms with Crippen LogP contribution < -0.4 is 20.1 Å². The Balaban J connectivity index is 2.51. The number of carboxylic acids is 1. The molecule has 152 valence electrons. The molecule has 2 rings (SSSR count). The number of carbonyl (C=O) groups is 2. The van der Waals surface area contributed by atoms with E-state index < -0.39 is 24.6 Å². The molecule has 1 heterocycles. The normalized spacial score (nSPS) is 16.1. The molecular weight excluding hydrogens is 452 g/mol. The van der Waals surface area contributed by atoms with Crippen molar-refractivity contribution in [3.63, 3.8) is 0 Å². The molecular formula is C18H21BrN2O6S. The third-order valence-corrected chi connectivity index (χ3v) is 4.58. The zero-order valence-corrected chi connectivity index (χ0v) is 18.0. The first-order valence-corrected chi connectivity index (χ1v) is 9.74. The second-order valence-corrected chi connectivity index (χ2v) is 7.00. The van der Waals surface area contributed by atoms with E-state index in [1.54, 1.807) is 32.9 Å². The van der Waals surface area contributed by atoms with Gasteiger partial charge in [-0.1, -0.05) is 0 Å². The monoisotopic (exact) mass is 472 g/mol. The number of esters is 1. The van der Waals surface area contributed by atoms with Crippen molar-refractivity contribution in [1.82, 2.24) is 10.6 Å². The van der Waals surface area contributed by atoms with Crippen LogP contribution in [0.1, 0.15) is 32.4 Å². The van der Waals surface area contributed by atoms with E-state index in [4.69, 9.17) is 31.5 Å². The Morgan fingerprint density at radius 3 is 2.57 bits per heavy atom. The molecule has 3 N–H and O–H groups in total. The zero-order valence-electron chi connectivity index (χ0n) is 15.6. The molecule has 0 amide bonds. The lowest BCUT2D eigenvalue weighted by Crippen LogP contribution is -2.45. The number of thiocarbonyl (C=S) groups is 1. The van der Waals surface area contributed by atoms with Crippen molar-refractivity contribution < 1.29 is 28.9 Å². The maximum Gasteiger partial charge on any atom is 0.341 e. The second kappa shape index (κ2) is 9.74. The summed E-state index contributed by atoms with van der Waals surface area (Å²) in [6.07, 6.45) is 0. The van der Waals surface area contributed by atoms with Crippen LogP contribution in [-0.4, -0.2) is 42.0 Å². The molecule has 1 aliphatic rings. The average molecular weight is 473 g/mol. The van der Waals surface area contributed by atoms with Gasteiger partial charge in [-0.2, -0.15) is 0 Å². The maximum atomic E-state index is 12.5. The fourth-order valence-electron chi connectivity index (χ4n) is 2.71. The number of benzene rings is 1. The fourth-order valence-corrected chi connectivity index (χ4v) is 3.56. The summed E-state index contributed by atoms with van der Waals surface area (Å²) in [6, 6.07) is 2.83. The van der Waals surface area contributed by atoms with Crippen LogP contribution in [-0.2, 0) is 14.3 Å². The topological polar surface area (TPSA) is 106 Å². The molecule has 0 aromatic heterocycles. The number of aliphatic carboxylic acids is 1. The molecule has 0 spiro atoms. The third-order valence-electron chi connectivity index (χ3n) is 3.77. The number of nitrogens with one attached hydrogen (secondary N) is 2. The molecule has 1 aromatic rings. The predicted octanol–water partition coefficient (Wildman–Crippen LogP) is 2.67. The van der Waals surface area contributed by atoms with Crippen LogP contribution in [0, 0.1) is 0 Å². The van der Waals surface area contributed by atoms with Crippen LogP contribution in [0.15, 0.2) is 27.9 Å². The highest BCUT2D eigenvalue weighted by Crippen LogP contribution is 2.40. The van der Waals surface area contributed by atoms with Gasteiger partial charge in [-0.3, -0.25) is 0 Å². The van der Waals surface area contributed by atoms with E-state index in [1.807, 2.05) is 0 Å². The molecule has 0 radical (unpaired) electrons. The van der Waals surface area contributed by atoms with E-state index in [-0.39, 0.29) is 12.4 Å². The van der Waals surface area contributed by atoms with E-state index in [0.29, 0.717) is 38.8 Å². The highest BCUT2D eigenvalue weighted by atomic mass is 79.9. The number of allylic oxidation sites excluding steroid dienone is 1. The first-order valence-electron chi connectivity index (χ1n) is 8.54. The number of ether oxygens (including phenoxy) is 3. The van der Waals surface area contributed by atoms with Gasteiger partial charge in [0.2, 0.25) is 0 Å². The Bertz CT molecular complexity index is 827. The van der Waals surface area contributed by atoms with Crippen LogP contribution in [0.25, 0.3) is 0 Å². The van der Waals surface area contributed by atoms with Crippen LogP contribution >= 0.6 is 28.1 Å². The molecule has 0 aliphatic carbocycles. The number of carboxylic acid groups (broad SMARTS) is 1. The lowest BCUT2D eigenvalue weighted by atomic mass is 9.95. The van der Waals surface area contributed by atoms with E-state index in [9.17, 15) is 9.59 Å². The van der Waals surface area contributed by atoms with E-state index in [2.05, 4.69) is 26.6 Å². The van der Waals surface area contributed by atoms with Crippen molar-refractivity contribution in [1.29, 1.82) is 0 Å². The highest BCUT2D eigenvalue weighted by Gasteiger charge is 2.32. The largest absolute Gasteiger partial charge is 0.490 e. The van der Waals surface area contributed by atoms with Gasteiger partial charge in [0, 0.05) is 5.70 Å². The Morgan fingerprint density at radius 1 is 1.25 bits per heavy atom. The Hall–Kier alpha value is -2.33. The standard InChI is InChI=1S/C18H21BrN2O6S/c1-4-25-12-7-10(6-11(19)16(12)27-8-13(22)23)15-14(17(24)26-5-2)9(3)20-18(28)21-15/h6-7,15H,4-5,8H2,1-3H3,(H,22,23)(H2,20,21,28). The summed E-state index contributed by atoms with van der Waals surface area (Å²) >= 11 is 8.63. The molecule has 0 saturated carbocycles. The SMILES string of the molecule is CCOC(=O)C1=C(C)NC(=S)NC1c1cc(Br)c(OCC(=O)O)c(OCC)c1. The molecule has 0 bridgehead atoms. The van der Waals surface area contributed by atoms with Crippen LogP contribution in [0.3, 0.4) is 0 Å². The molecule has 0 saturated heterocycles. The van der Waals surface area contributed by atoms with Gasteiger partial charge in [0.15, 0.2) is 23.2 Å². The van der Waals surface area contributed by atoms with Crippen molar-refractivity contribution in [3.05, 3.63) is 33.4 Å². The van der Waals surface area contributed by atoms with Crippen LogP contribution in [0.4, 0.5) is 0 Å². The number of rotatable bonds is 8. The summed E-state index contributed by atoms with van der Waals surface area (Å²) in [5, 5.41) is 15.3. The van der Waals surface area contributed by atoms with Gasteiger partial charge >= 0.3 is 11.9 Å². The number of carbonyl (C=O) groups excluding carboxylic acids is 1. The summed E-state index contributed by atoms with van der Waals surface area (Å²) in [4.78, 5) is 23.4.